The van der Waals surface area contributed by atoms with Gasteiger partial charge in [-0.25, -0.2) is 8.42 Å². The molecule has 2 aromatic rings. The van der Waals surface area contributed by atoms with E-state index in [1.54, 1.807) is 30.3 Å². The van der Waals surface area contributed by atoms with Crippen LogP contribution in [0.5, 0.6) is 17.2 Å². The minimum absolute atomic E-state index is 0.203. The van der Waals surface area contributed by atoms with E-state index in [0.717, 1.165) is 17.0 Å². The van der Waals surface area contributed by atoms with E-state index in [0.29, 0.717) is 36.1 Å². The molecule has 0 aromatic heterocycles. The summed E-state index contributed by atoms with van der Waals surface area (Å²) in [6.07, 6.45) is 1.58. The number of carbonyl (C=O) groups is 1. The van der Waals surface area contributed by atoms with Gasteiger partial charge < -0.3 is 19.5 Å². The quantitative estimate of drug-likeness (QED) is 0.650. The normalized spacial score (nSPS) is 15.3. The second-order valence-corrected chi connectivity index (χ2v) is 8.82. The van der Waals surface area contributed by atoms with Crippen molar-refractivity contribution in [2.24, 2.45) is 0 Å². The lowest BCUT2D eigenvalue weighted by Crippen LogP contribution is -2.45. The second-order valence-electron chi connectivity index (χ2n) is 6.91. The van der Waals surface area contributed by atoms with Gasteiger partial charge in [-0.2, -0.15) is 0 Å². The number of rotatable bonds is 9. The number of nitrogens with one attached hydrogen (secondary N) is 1. The lowest BCUT2D eigenvalue weighted by Gasteiger charge is -2.27. The Morgan fingerprint density at radius 2 is 1.87 bits per heavy atom. The van der Waals surface area contributed by atoms with Crippen molar-refractivity contribution in [1.82, 2.24) is 5.32 Å². The highest BCUT2D eigenvalue weighted by atomic mass is 32.2. The summed E-state index contributed by atoms with van der Waals surface area (Å²) in [7, 11) is -3.65. The first kappa shape index (κ1) is 21.8. The minimum atomic E-state index is -3.65. The molecule has 0 unspecified atom stereocenters. The summed E-state index contributed by atoms with van der Waals surface area (Å²) >= 11 is 0. The summed E-state index contributed by atoms with van der Waals surface area (Å²) in [6.45, 7) is 2.75. The molecule has 1 heterocycles. The van der Waals surface area contributed by atoms with Crippen molar-refractivity contribution in [3.63, 3.8) is 0 Å². The molecule has 0 saturated heterocycles. The van der Waals surface area contributed by atoms with Crippen LogP contribution < -0.4 is 23.8 Å². The molecule has 2 aromatic carbocycles. The fraction of sp³-hybridized carbons (Fsp3) is 0.381. The van der Waals surface area contributed by atoms with Crippen molar-refractivity contribution >= 4 is 21.6 Å². The Balaban J connectivity index is 1.58. The summed E-state index contributed by atoms with van der Waals surface area (Å²) in [5.41, 5.74) is 0.391. The number of hydrogen-bond donors (Lipinski definition) is 1. The minimum Gasteiger partial charge on any atom is -0.494 e. The standard InChI is InChI=1S/C21H26N2O6S/c1-3-12-27-17-10-8-16(9-11-17)23(30(2,25)26)14-21(24)22-13-18-15-28-19-6-4-5-7-20(19)29-18/h4-11,18H,3,12-15H2,1-2H3,(H,22,24)/t18-/m1/s1. The van der Waals surface area contributed by atoms with Crippen molar-refractivity contribution < 1.29 is 27.4 Å². The number of para-hydroxylation sites is 2. The third kappa shape index (κ3) is 5.79. The van der Waals surface area contributed by atoms with Crippen LogP contribution in [-0.2, 0) is 14.8 Å². The van der Waals surface area contributed by atoms with Gasteiger partial charge in [-0.05, 0) is 42.8 Å². The summed E-state index contributed by atoms with van der Waals surface area (Å²) in [5.74, 6) is 1.49. The highest BCUT2D eigenvalue weighted by molar-refractivity contribution is 7.92. The zero-order valence-electron chi connectivity index (χ0n) is 17.0. The van der Waals surface area contributed by atoms with Crippen LogP contribution in [0.25, 0.3) is 0 Å². The fourth-order valence-electron chi connectivity index (χ4n) is 2.91. The monoisotopic (exact) mass is 434 g/mol. The molecule has 1 aliphatic heterocycles. The highest BCUT2D eigenvalue weighted by Crippen LogP contribution is 2.30. The molecule has 1 atom stereocenters. The highest BCUT2D eigenvalue weighted by Gasteiger charge is 2.24. The molecule has 0 spiro atoms. The molecule has 0 saturated carbocycles. The van der Waals surface area contributed by atoms with E-state index in [1.807, 2.05) is 25.1 Å². The molecule has 0 bridgehead atoms. The van der Waals surface area contributed by atoms with Gasteiger partial charge in [0.25, 0.3) is 0 Å². The molecule has 8 nitrogen and oxygen atoms in total. The Labute approximate surface area is 176 Å². The number of carbonyl (C=O) groups excluding carboxylic acids is 1. The topological polar surface area (TPSA) is 94.2 Å². The molecule has 0 aliphatic carbocycles. The maximum absolute atomic E-state index is 12.4. The Morgan fingerprint density at radius 1 is 1.17 bits per heavy atom. The van der Waals surface area contributed by atoms with Gasteiger partial charge in [0.15, 0.2) is 11.5 Å². The van der Waals surface area contributed by atoms with Crippen LogP contribution in [0, 0.1) is 0 Å². The number of benzene rings is 2. The molecule has 1 N–H and O–H groups in total. The SMILES string of the molecule is CCCOc1ccc(N(CC(=O)NC[C@@H]2COc3ccccc3O2)S(C)(=O)=O)cc1. The fourth-order valence-corrected chi connectivity index (χ4v) is 3.76. The van der Waals surface area contributed by atoms with Crippen LogP contribution >= 0.6 is 0 Å². The number of anilines is 1. The summed E-state index contributed by atoms with van der Waals surface area (Å²) in [4.78, 5) is 12.4. The van der Waals surface area contributed by atoms with E-state index in [2.05, 4.69) is 5.32 Å². The first-order chi connectivity index (χ1) is 14.4. The maximum Gasteiger partial charge on any atom is 0.240 e. The molecular weight excluding hydrogens is 408 g/mol. The van der Waals surface area contributed by atoms with Crippen LogP contribution in [0.4, 0.5) is 5.69 Å². The number of fused-ring (bicyclic) bond motifs is 1. The summed E-state index contributed by atoms with van der Waals surface area (Å²) in [5, 5.41) is 2.72. The Morgan fingerprint density at radius 3 is 2.53 bits per heavy atom. The van der Waals surface area contributed by atoms with Gasteiger partial charge in [-0.3, -0.25) is 9.10 Å². The van der Waals surface area contributed by atoms with Crippen molar-refractivity contribution in [1.29, 1.82) is 0 Å². The summed E-state index contributed by atoms with van der Waals surface area (Å²) < 4.78 is 42.5. The predicted molar refractivity (Wildman–Crippen MR) is 114 cm³/mol. The third-order valence-electron chi connectivity index (χ3n) is 4.38. The molecule has 1 aliphatic rings. The van der Waals surface area contributed by atoms with Crippen LogP contribution in [0.1, 0.15) is 13.3 Å². The van der Waals surface area contributed by atoms with Crippen LogP contribution in [0.2, 0.25) is 0 Å². The Hall–Kier alpha value is -2.94. The smallest absolute Gasteiger partial charge is 0.240 e. The number of ether oxygens (including phenoxy) is 3. The second kappa shape index (κ2) is 9.71. The predicted octanol–water partition coefficient (Wildman–Crippen LogP) is 2.20. The number of hydrogen-bond acceptors (Lipinski definition) is 6. The maximum atomic E-state index is 12.4. The molecule has 30 heavy (non-hydrogen) atoms. The average Bonchev–Trinajstić information content (AvgIpc) is 2.74. The van der Waals surface area contributed by atoms with Gasteiger partial charge in [0.1, 0.15) is 25.0 Å². The van der Waals surface area contributed by atoms with Gasteiger partial charge in [0.2, 0.25) is 15.9 Å². The Kier molecular flexibility index (Phi) is 7.04. The van der Waals surface area contributed by atoms with E-state index >= 15 is 0 Å². The van der Waals surface area contributed by atoms with Crippen molar-refractivity contribution in [3.8, 4) is 17.2 Å². The van der Waals surface area contributed by atoms with E-state index in [1.165, 1.54) is 0 Å². The van der Waals surface area contributed by atoms with Gasteiger partial charge in [0, 0.05) is 0 Å². The molecule has 1 amide bonds. The molecule has 9 heteroatoms. The first-order valence-corrected chi connectivity index (χ1v) is 11.6. The molecule has 0 fully saturated rings. The first-order valence-electron chi connectivity index (χ1n) is 9.72. The zero-order valence-corrected chi connectivity index (χ0v) is 17.9. The van der Waals surface area contributed by atoms with E-state index in [4.69, 9.17) is 14.2 Å². The van der Waals surface area contributed by atoms with E-state index in [9.17, 15) is 13.2 Å². The number of nitrogens with zero attached hydrogens (tertiary/aromatic N) is 1. The van der Waals surface area contributed by atoms with Crippen molar-refractivity contribution in [3.05, 3.63) is 48.5 Å². The van der Waals surface area contributed by atoms with Gasteiger partial charge in [0.05, 0.1) is 25.1 Å². The largest absolute Gasteiger partial charge is 0.494 e. The van der Waals surface area contributed by atoms with Gasteiger partial charge in [-0.1, -0.05) is 19.1 Å². The van der Waals surface area contributed by atoms with Gasteiger partial charge in [-0.15, -0.1) is 0 Å². The van der Waals surface area contributed by atoms with Crippen molar-refractivity contribution in [2.75, 3.05) is 36.9 Å². The van der Waals surface area contributed by atoms with Crippen LogP contribution in [0.3, 0.4) is 0 Å². The number of sulfonamides is 1. The van der Waals surface area contributed by atoms with E-state index in [-0.39, 0.29) is 19.2 Å². The Bertz CT molecular complexity index is 962. The third-order valence-corrected chi connectivity index (χ3v) is 5.52. The average molecular weight is 435 g/mol. The molecule has 162 valence electrons. The summed E-state index contributed by atoms with van der Waals surface area (Å²) in [6, 6.07) is 13.9. The zero-order chi connectivity index (χ0) is 21.6. The van der Waals surface area contributed by atoms with Gasteiger partial charge >= 0.3 is 0 Å². The lowest BCUT2D eigenvalue weighted by molar-refractivity contribution is -0.120. The van der Waals surface area contributed by atoms with Crippen molar-refractivity contribution in [2.45, 2.75) is 19.4 Å². The van der Waals surface area contributed by atoms with E-state index < -0.39 is 15.9 Å². The molecule has 0 radical (unpaired) electrons. The molecule has 3 rings (SSSR count). The van der Waals surface area contributed by atoms with Crippen LogP contribution in [-0.4, -0.2) is 53.0 Å². The number of amides is 1. The molecular formula is C21H26N2O6S. The van der Waals surface area contributed by atoms with Crippen LogP contribution in [0.15, 0.2) is 48.5 Å². The lowest BCUT2D eigenvalue weighted by atomic mass is 10.2.